The molecular weight excluding hydrogens is 403 g/mol. The van der Waals surface area contributed by atoms with Crippen molar-refractivity contribution in [1.82, 2.24) is 4.98 Å². The average molecular weight is 432 g/mol. The smallest absolute Gasteiger partial charge is 0.361 e. The lowest BCUT2D eigenvalue weighted by Gasteiger charge is -2.46. The SMILES string of the molecule is CCOP(=O)(OCC)c1cc(N2C(N)=NC(N)=NC23CCCCC3)c2cc[nH]c2c1. The maximum absolute atomic E-state index is 13.5. The molecule has 5 N–H and O–H groups in total. The van der Waals surface area contributed by atoms with Crippen LogP contribution >= 0.6 is 7.60 Å². The van der Waals surface area contributed by atoms with Gasteiger partial charge in [-0.05, 0) is 57.7 Å². The van der Waals surface area contributed by atoms with Gasteiger partial charge in [-0.1, -0.05) is 6.42 Å². The maximum Gasteiger partial charge on any atom is 0.361 e. The number of aromatic nitrogens is 1. The zero-order valence-electron chi connectivity index (χ0n) is 17.4. The van der Waals surface area contributed by atoms with Gasteiger partial charge in [-0.2, -0.15) is 4.99 Å². The van der Waals surface area contributed by atoms with Gasteiger partial charge in [0.15, 0.2) is 0 Å². The van der Waals surface area contributed by atoms with Gasteiger partial charge in [-0.25, -0.2) is 4.99 Å². The predicted octanol–water partition coefficient (Wildman–Crippen LogP) is 3.17. The van der Waals surface area contributed by atoms with E-state index in [2.05, 4.69) is 9.98 Å². The molecular formula is C20H29N6O3P. The molecule has 2 heterocycles. The van der Waals surface area contributed by atoms with E-state index >= 15 is 0 Å². The Bertz CT molecular complexity index is 1030. The molecule has 0 saturated heterocycles. The van der Waals surface area contributed by atoms with Crippen molar-refractivity contribution < 1.29 is 13.6 Å². The summed E-state index contributed by atoms with van der Waals surface area (Å²) in [7, 11) is -3.50. The van der Waals surface area contributed by atoms with Crippen LogP contribution in [0, 0.1) is 0 Å². The van der Waals surface area contributed by atoms with Crippen LogP contribution < -0.4 is 21.7 Å². The Morgan fingerprint density at radius 3 is 2.53 bits per heavy atom. The van der Waals surface area contributed by atoms with E-state index in [1.54, 1.807) is 13.8 Å². The molecule has 1 aromatic heterocycles. The molecule has 1 fully saturated rings. The molecule has 162 valence electrons. The lowest BCUT2D eigenvalue weighted by Crippen LogP contribution is -2.58. The van der Waals surface area contributed by atoms with Crippen LogP contribution in [0.3, 0.4) is 0 Å². The second-order valence-electron chi connectivity index (χ2n) is 7.56. The number of anilines is 1. The van der Waals surface area contributed by atoms with Crippen LogP contribution in [-0.2, 0) is 13.6 Å². The molecule has 10 heteroatoms. The summed E-state index contributed by atoms with van der Waals surface area (Å²) in [4.78, 5) is 14.2. The number of nitrogens with one attached hydrogen (secondary N) is 1. The number of nitrogens with zero attached hydrogens (tertiary/aromatic N) is 3. The lowest BCUT2D eigenvalue weighted by molar-refractivity contribution is 0.230. The minimum absolute atomic E-state index is 0.196. The second-order valence-corrected chi connectivity index (χ2v) is 9.58. The van der Waals surface area contributed by atoms with Crippen molar-refractivity contribution in [2.75, 3.05) is 18.1 Å². The summed E-state index contributed by atoms with van der Waals surface area (Å²) < 4.78 is 24.7. The summed E-state index contributed by atoms with van der Waals surface area (Å²) in [6.07, 6.45) is 6.65. The zero-order valence-corrected chi connectivity index (χ0v) is 18.3. The van der Waals surface area contributed by atoms with Gasteiger partial charge in [0, 0.05) is 17.1 Å². The third-order valence-corrected chi connectivity index (χ3v) is 7.73. The van der Waals surface area contributed by atoms with Crippen LogP contribution in [0.25, 0.3) is 10.9 Å². The van der Waals surface area contributed by atoms with Crippen molar-refractivity contribution in [3.05, 3.63) is 24.4 Å². The third-order valence-electron chi connectivity index (χ3n) is 5.64. The fourth-order valence-electron chi connectivity index (χ4n) is 4.47. The standard InChI is InChI=1S/C20H29N6O3P/c1-3-28-30(27,29-4-2)14-12-16-15(8-11-23-16)17(13-14)26-19(22)24-18(21)25-20(26)9-6-5-7-10-20/h8,11-13,23H,3-7,9-10H2,1-2H3,(H4,21,22,24,25). The maximum atomic E-state index is 13.5. The van der Waals surface area contributed by atoms with Gasteiger partial charge in [-0.15, -0.1) is 0 Å². The number of rotatable bonds is 6. The second kappa shape index (κ2) is 8.06. The van der Waals surface area contributed by atoms with Crippen LogP contribution in [0.1, 0.15) is 46.0 Å². The Balaban J connectivity index is 1.92. The van der Waals surface area contributed by atoms with E-state index < -0.39 is 13.3 Å². The Kier molecular flexibility index (Phi) is 5.61. The summed E-state index contributed by atoms with van der Waals surface area (Å²) in [6.45, 7) is 4.13. The predicted molar refractivity (Wildman–Crippen MR) is 120 cm³/mol. The van der Waals surface area contributed by atoms with E-state index in [4.69, 9.17) is 25.5 Å². The molecule has 1 aliphatic heterocycles. The van der Waals surface area contributed by atoms with E-state index in [-0.39, 0.29) is 25.1 Å². The van der Waals surface area contributed by atoms with E-state index in [1.807, 2.05) is 29.3 Å². The van der Waals surface area contributed by atoms with Gasteiger partial charge in [0.05, 0.1) is 24.2 Å². The number of benzene rings is 1. The van der Waals surface area contributed by atoms with Gasteiger partial charge >= 0.3 is 7.60 Å². The van der Waals surface area contributed by atoms with E-state index in [9.17, 15) is 4.57 Å². The first-order valence-electron chi connectivity index (χ1n) is 10.4. The zero-order chi connectivity index (χ0) is 21.4. The number of nitrogens with two attached hydrogens (primary N) is 2. The molecule has 0 amide bonds. The Morgan fingerprint density at radius 2 is 1.87 bits per heavy atom. The number of hydrogen-bond donors (Lipinski definition) is 3. The monoisotopic (exact) mass is 432 g/mol. The minimum Gasteiger partial charge on any atom is -0.369 e. The van der Waals surface area contributed by atoms with Crippen molar-refractivity contribution in [1.29, 1.82) is 0 Å². The molecule has 2 aliphatic rings. The van der Waals surface area contributed by atoms with Gasteiger partial charge < -0.3 is 25.5 Å². The van der Waals surface area contributed by atoms with Gasteiger partial charge in [0.1, 0.15) is 5.66 Å². The largest absolute Gasteiger partial charge is 0.369 e. The van der Waals surface area contributed by atoms with Crippen molar-refractivity contribution >= 4 is 41.4 Å². The van der Waals surface area contributed by atoms with Gasteiger partial charge in [-0.3, -0.25) is 9.46 Å². The molecule has 0 unspecified atom stereocenters. The molecule has 30 heavy (non-hydrogen) atoms. The van der Waals surface area contributed by atoms with Crippen LogP contribution in [0.5, 0.6) is 0 Å². The molecule has 1 aliphatic carbocycles. The summed E-state index contributed by atoms with van der Waals surface area (Å²) in [5.41, 5.74) is 13.4. The van der Waals surface area contributed by atoms with Crippen LogP contribution in [0.15, 0.2) is 34.4 Å². The highest BCUT2D eigenvalue weighted by Gasteiger charge is 2.43. The highest BCUT2D eigenvalue weighted by molar-refractivity contribution is 7.62. The van der Waals surface area contributed by atoms with Crippen molar-refractivity contribution in [3.8, 4) is 0 Å². The molecule has 1 aromatic carbocycles. The van der Waals surface area contributed by atoms with Crippen LogP contribution in [0.4, 0.5) is 5.69 Å². The normalized spacial score (nSPS) is 19.2. The summed E-state index contributed by atoms with van der Waals surface area (Å²) >= 11 is 0. The summed E-state index contributed by atoms with van der Waals surface area (Å²) in [5, 5.41) is 1.40. The highest BCUT2D eigenvalue weighted by Crippen LogP contribution is 2.49. The number of aromatic amines is 1. The molecule has 0 radical (unpaired) electrons. The molecule has 4 rings (SSSR count). The van der Waals surface area contributed by atoms with Crippen LogP contribution in [-0.4, -0.2) is 35.8 Å². The first-order valence-corrected chi connectivity index (χ1v) is 12.0. The topological polar surface area (TPSA) is 131 Å². The number of hydrogen-bond acceptors (Lipinski definition) is 8. The van der Waals surface area contributed by atoms with Crippen molar-refractivity contribution in [2.24, 2.45) is 21.5 Å². The summed E-state index contributed by atoms with van der Waals surface area (Å²) in [5.74, 6) is 0.480. The first kappa shape index (κ1) is 20.9. The van der Waals surface area contributed by atoms with Crippen molar-refractivity contribution in [3.63, 3.8) is 0 Å². The van der Waals surface area contributed by atoms with Gasteiger partial charge in [0.25, 0.3) is 0 Å². The van der Waals surface area contributed by atoms with Crippen molar-refractivity contribution in [2.45, 2.75) is 51.6 Å². The third kappa shape index (κ3) is 3.51. The Hall–Kier alpha value is -2.35. The minimum atomic E-state index is -3.50. The van der Waals surface area contributed by atoms with Crippen LogP contribution in [0.2, 0.25) is 0 Å². The van der Waals surface area contributed by atoms with E-state index in [0.29, 0.717) is 5.30 Å². The molecule has 2 aromatic rings. The van der Waals surface area contributed by atoms with Gasteiger partial charge in [0.2, 0.25) is 11.9 Å². The molecule has 0 atom stereocenters. The fourth-order valence-corrected chi connectivity index (χ4v) is 6.09. The average Bonchev–Trinajstić information content (AvgIpc) is 3.17. The Labute approximate surface area is 176 Å². The summed E-state index contributed by atoms with van der Waals surface area (Å²) in [6, 6.07) is 5.61. The number of aliphatic imine (C=N–C) groups is 2. The molecule has 0 bridgehead atoms. The molecule has 9 nitrogen and oxygen atoms in total. The van der Waals surface area contributed by atoms with E-state index in [1.165, 1.54) is 0 Å². The van der Waals surface area contributed by atoms with E-state index in [0.717, 1.165) is 48.7 Å². The number of fused-ring (bicyclic) bond motifs is 1. The first-order chi connectivity index (χ1) is 14.4. The fraction of sp³-hybridized carbons (Fsp3) is 0.500. The number of H-pyrrole nitrogens is 1. The highest BCUT2D eigenvalue weighted by atomic mass is 31.2. The quantitative estimate of drug-likeness (QED) is 0.601. The molecule has 1 saturated carbocycles. The Morgan fingerprint density at radius 1 is 1.17 bits per heavy atom. The lowest BCUT2D eigenvalue weighted by atomic mass is 9.87. The molecule has 1 spiro atoms. The number of guanidine groups is 2.